The van der Waals surface area contributed by atoms with Gasteiger partial charge in [-0.15, -0.1) is 0 Å². The van der Waals surface area contributed by atoms with Crippen LogP contribution in [0, 0.1) is 0 Å². The third kappa shape index (κ3) is 2.40. The van der Waals surface area contributed by atoms with Crippen LogP contribution in [0.4, 0.5) is 5.69 Å². The molecule has 0 fully saturated rings. The number of fused-ring (bicyclic) bond motifs is 1. The van der Waals surface area contributed by atoms with Crippen molar-refractivity contribution in [3.63, 3.8) is 0 Å². The Hall–Kier alpha value is -2.27. The van der Waals surface area contributed by atoms with Crippen molar-refractivity contribution < 1.29 is 4.79 Å². The van der Waals surface area contributed by atoms with E-state index in [1.807, 2.05) is 25.1 Å². The van der Waals surface area contributed by atoms with E-state index in [0.717, 1.165) is 30.5 Å². The van der Waals surface area contributed by atoms with Crippen LogP contribution in [0.3, 0.4) is 0 Å². The summed E-state index contributed by atoms with van der Waals surface area (Å²) in [4.78, 5) is 12.2. The second kappa shape index (κ2) is 5.38. The number of hydrogen-bond acceptors (Lipinski definition) is 2. The first-order chi connectivity index (χ1) is 9.75. The molecule has 2 heteroatoms. The average molecular weight is 263 g/mol. The molecule has 0 spiro atoms. The number of para-hydroxylation sites is 1. The molecule has 0 radical (unpaired) electrons. The number of carbonyl (C=O) groups excluding carboxylic acids is 1. The van der Waals surface area contributed by atoms with Gasteiger partial charge in [-0.3, -0.25) is 4.79 Å². The predicted molar refractivity (Wildman–Crippen MR) is 80.8 cm³/mol. The van der Waals surface area contributed by atoms with Crippen LogP contribution < -0.4 is 5.32 Å². The van der Waals surface area contributed by atoms with Gasteiger partial charge in [0.25, 0.3) is 0 Å². The van der Waals surface area contributed by atoms with Crippen molar-refractivity contribution in [3.05, 3.63) is 64.6 Å². The molecule has 0 bridgehead atoms. The minimum atomic E-state index is 0.0764. The smallest absolute Gasteiger partial charge is 0.190 e. The lowest BCUT2D eigenvalue weighted by molar-refractivity contribution is -0.111. The fourth-order valence-corrected chi connectivity index (χ4v) is 2.76. The lowest BCUT2D eigenvalue weighted by atomic mass is 9.92. The van der Waals surface area contributed by atoms with Gasteiger partial charge in [0.2, 0.25) is 0 Å². The largest absolute Gasteiger partial charge is 0.384 e. The summed E-state index contributed by atoms with van der Waals surface area (Å²) in [5.41, 5.74) is 10.1. The van der Waals surface area contributed by atoms with E-state index in [9.17, 15) is 4.79 Å². The number of anilines is 1. The zero-order valence-electron chi connectivity index (χ0n) is 11.6. The molecule has 1 unspecified atom stereocenters. The van der Waals surface area contributed by atoms with Crippen molar-refractivity contribution in [2.75, 3.05) is 11.9 Å². The summed E-state index contributed by atoms with van der Waals surface area (Å²) < 4.78 is 0. The first-order valence-electron chi connectivity index (χ1n) is 7.00. The Kier molecular flexibility index (Phi) is 3.43. The molecular weight excluding hydrogens is 246 g/mol. The zero-order chi connectivity index (χ0) is 13.9. The highest BCUT2D eigenvalue weighted by Crippen LogP contribution is 2.35. The highest BCUT2D eigenvalue weighted by molar-refractivity contribution is 6.04. The molecule has 1 atom stereocenters. The van der Waals surface area contributed by atoms with Crippen molar-refractivity contribution in [2.24, 2.45) is 0 Å². The molecule has 3 rings (SSSR count). The molecule has 1 aliphatic carbocycles. The van der Waals surface area contributed by atoms with Crippen molar-refractivity contribution in [1.82, 2.24) is 0 Å². The molecule has 0 amide bonds. The topological polar surface area (TPSA) is 29.1 Å². The SMILES string of the molecule is C/C(=C\C(=O)C1=C=C=CCC1)C1CNc2ccccc21. The van der Waals surface area contributed by atoms with E-state index in [4.69, 9.17) is 0 Å². The molecule has 1 aromatic carbocycles. The number of hydrogen-bond donors (Lipinski definition) is 1. The summed E-state index contributed by atoms with van der Waals surface area (Å²) in [6.07, 6.45) is 5.35. The maximum Gasteiger partial charge on any atom is 0.190 e. The number of ketones is 1. The Balaban J connectivity index is 1.85. The van der Waals surface area contributed by atoms with Crippen molar-refractivity contribution in [2.45, 2.75) is 25.7 Å². The van der Waals surface area contributed by atoms with Crippen LogP contribution in [0.25, 0.3) is 0 Å². The summed E-state index contributed by atoms with van der Waals surface area (Å²) >= 11 is 0. The van der Waals surface area contributed by atoms with Crippen molar-refractivity contribution in [1.29, 1.82) is 0 Å². The maximum absolute atomic E-state index is 12.2. The van der Waals surface area contributed by atoms with Crippen LogP contribution in [0.2, 0.25) is 0 Å². The molecular formula is C18H17NO. The summed E-state index contributed by atoms with van der Waals surface area (Å²) in [5, 5.41) is 3.39. The van der Waals surface area contributed by atoms with Crippen molar-refractivity contribution in [3.8, 4) is 0 Å². The number of allylic oxidation sites excluding steroid dienone is 3. The number of carbonyl (C=O) groups is 1. The standard InChI is InChI=1S/C18H17NO/c1-13(11-18(20)14-7-3-2-4-8-14)16-12-19-17-10-6-5-9-15(16)17/h2,5-6,9-11,16,19H,3,7,12H2,1H3/b13-11+. The first kappa shape index (κ1) is 12.7. The molecule has 1 heterocycles. The Morgan fingerprint density at radius 1 is 1.40 bits per heavy atom. The molecule has 20 heavy (non-hydrogen) atoms. The predicted octanol–water partition coefficient (Wildman–Crippen LogP) is 3.74. The van der Waals surface area contributed by atoms with Gasteiger partial charge in [-0.05, 0) is 43.5 Å². The fraction of sp³-hybridized carbons (Fsp3) is 0.278. The number of rotatable bonds is 3. The molecule has 0 saturated carbocycles. The van der Waals surface area contributed by atoms with Crippen molar-refractivity contribution >= 4 is 11.5 Å². The van der Waals surface area contributed by atoms with Gasteiger partial charge in [0.15, 0.2) is 5.78 Å². The minimum Gasteiger partial charge on any atom is -0.384 e. The van der Waals surface area contributed by atoms with Crippen LogP contribution in [0.5, 0.6) is 0 Å². The molecule has 1 N–H and O–H groups in total. The van der Waals surface area contributed by atoms with E-state index in [1.165, 1.54) is 11.3 Å². The maximum atomic E-state index is 12.2. The quantitative estimate of drug-likeness (QED) is 0.665. The molecule has 0 aromatic heterocycles. The average Bonchev–Trinajstić information content (AvgIpc) is 2.92. The molecule has 2 nitrogen and oxygen atoms in total. The molecule has 0 saturated heterocycles. The Labute approximate surface area is 119 Å². The fourth-order valence-electron chi connectivity index (χ4n) is 2.76. The second-order valence-electron chi connectivity index (χ2n) is 5.26. The van der Waals surface area contributed by atoms with Gasteiger partial charge >= 0.3 is 0 Å². The van der Waals surface area contributed by atoms with E-state index in [0.29, 0.717) is 5.92 Å². The monoisotopic (exact) mass is 263 g/mol. The van der Waals surface area contributed by atoms with Crippen LogP contribution in [0.1, 0.15) is 31.2 Å². The van der Waals surface area contributed by atoms with Gasteiger partial charge in [-0.25, -0.2) is 0 Å². The van der Waals surface area contributed by atoms with Crippen LogP contribution in [-0.4, -0.2) is 12.3 Å². The zero-order valence-corrected chi connectivity index (χ0v) is 11.6. The molecule has 1 aromatic rings. The van der Waals surface area contributed by atoms with Crippen LogP contribution >= 0.6 is 0 Å². The van der Waals surface area contributed by atoms with E-state index < -0.39 is 0 Å². The van der Waals surface area contributed by atoms with E-state index in [2.05, 4.69) is 28.9 Å². The summed E-state index contributed by atoms with van der Waals surface area (Å²) in [5.74, 6) is 0.367. The molecule has 100 valence electrons. The number of nitrogens with one attached hydrogen (secondary N) is 1. The Bertz CT molecular complexity index is 683. The minimum absolute atomic E-state index is 0.0764. The third-order valence-corrected chi connectivity index (χ3v) is 3.90. The van der Waals surface area contributed by atoms with Gasteiger partial charge in [-0.2, -0.15) is 0 Å². The Morgan fingerprint density at radius 2 is 2.25 bits per heavy atom. The Morgan fingerprint density at radius 3 is 3.05 bits per heavy atom. The van der Waals surface area contributed by atoms with Gasteiger partial charge in [0.05, 0.1) is 5.57 Å². The lowest BCUT2D eigenvalue weighted by Gasteiger charge is -2.11. The summed E-state index contributed by atoms with van der Waals surface area (Å²) in [6, 6.07) is 8.29. The molecule has 2 aliphatic rings. The van der Waals surface area contributed by atoms with Gasteiger partial charge < -0.3 is 5.32 Å². The first-order valence-corrected chi connectivity index (χ1v) is 7.00. The van der Waals surface area contributed by atoms with E-state index >= 15 is 0 Å². The summed E-state index contributed by atoms with van der Waals surface area (Å²) in [6.45, 7) is 2.90. The third-order valence-electron chi connectivity index (χ3n) is 3.90. The van der Waals surface area contributed by atoms with E-state index in [1.54, 1.807) is 6.08 Å². The second-order valence-corrected chi connectivity index (χ2v) is 5.26. The van der Waals surface area contributed by atoms with Gasteiger partial charge in [-0.1, -0.05) is 35.2 Å². The van der Waals surface area contributed by atoms with Crippen LogP contribution in [0.15, 0.2) is 59.0 Å². The highest BCUT2D eigenvalue weighted by atomic mass is 16.1. The summed E-state index contributed by atoms with van der Waals surface area (Å²) in [7, 11) is 0. The molecule has 1 aliphatic heterocycles. The highest BCUT2D eigenvalue weighted by Gasteiger charge is 2.23. The van der Waals surface area contributed by atoms with Gasteiger partial charge in [0.1, 0.15) is 0 Å². The van der Waals surface area contributed by atoms with E-state index in [-0.39, 0.29) is 5.78 Å². The normalized spacial score (nSPS) is 20.4. The van der Waals surface area contributed by atoms with Crippen LogP contribution in [-0.2, 0) is 4.79 Å². The lowest BCUT2D eigenvalue weighted by Crippen LogP contribution is -2.07. The number of benzene rings is 1. The van der Waals surface area contributed by atoms with Gasteiger partial charge in [0, 0.05) is 18.2 Å².